The Morgan fingerprint density at radius 1 is 1.28 bits per heavy atom. The first-order valence-electron chi connectivity index (χ1n) is 5.34. The van der Waals surface area contributed by atoms with Gasteiger partial charge in [0.2, 0.25) is 0 Å². The van der Waals surface area contributed by atoms with Crippen LogP contribution in [0.25, 0.3) is 0 Å². The summed E-state index contributed by atoms with van der Waals surface area (Å²) in [6.45, 7) is 0.178. The molecular formula is C12H11BFNO3. The van der Waals surface area contributed by atoms with Gasteiger partial charge in [0.15, 0.2) is 0 Å². The van der Waals surface area contributed by atoms with Crippen LogP contribution in [0.5, 0.6) is 5.75 Å². The minimum Gasteiger partial charge on any atom is -0.489 e. The maximum atomic E-state index is 13.1. The van der Waals surface area contributed by atoms with E-state index in [2.05, 4.69) is 4.98 Å². The highest BCUT2D eigenvalue weighted by atomic mass is 19.1. The van der Waals surface area contributed by atoms with Gasteiger partial charge in [0, 0.05) is 29.5 Å². The quantitative estimate of drug-likeness (QED) is 0.771. The lowest BCUT2D eigenvalue weighted by Gasteiger charge is -2.11. The topological polar surface area (TPSA) is 62.6 Å². The van der Waals surface area contributed by atoms with Gasteiger partial charge in [0.05, 0.1) is 0 Å². The summed E-state index contributed by atoms with van der Waals surface area (Å²) in [5.41, 5.74) is 0.931. The number of rotatable bonds is 4. The Hall–Kier alpha value is -1.92. The van der Waals surface area contributed by atoms with Crippen LogP contribution in [0.2, 0.25) is 0 Å². The number of hydrogen-bond acceptors (Lipinski definition) is 4. The predicted octanol–water partition coefficient (Wildman–Crippen LogP) is 0.479. The first kappa shape index (κ1) is 12.5. The molecule has 0 aliphatic carbocycles. The molecule has 2 aromatic rings. The van der Waals surface area contributed by atoms with E-state index in [-0.39, 0.29) is 17.8 Å². The molecule has 0 spiro atoms. The SMILES string of the molecule is OB(O)c1ccc(F)cc1OCc1cccnc1. The van der Waals surface area contributed by atoms with Crippen molar-refractivity contribution in [1.82, 2.24) is 4.98 Å². The molecule has 0 unspecified atom stereocenters. The average Bonchev–Trinajstić information content (AvgIpc) is 2.37. The van der Waals surface area contributed by atoms with Gasteiger partial charge in [-0.15, -0.1) is 0 Å². The highest BCUT2D eigenvalue weighted by Gasteiger charge is 2.17. The summed E-state index contributed by atoms with van der Waals surface area (Å²) >= 11 is 0. The molecule has 6 heteroatoms. The molecule has 0 saturated heterocycles. The number of nitrogens with zero attached hydrogens (tertiary/aromatic N) is 1. The van der Waals surface area contributed by atoms with Crippen molar-refractivity contribution >= 4 is 12.6 Å². The zero-order valence-corrected chi connectivity index (χ0v) is 9.45. The van der Waals surface area contributed by atoms with E-state index in [0.717, 1.165) is 17.7 Å². The molecule has 0 amide bonds. The monoisotopic (exact) mass is 247 g/mol. The third kappa shape index (κ3) is 3.06. The van der Waals surface area contributed by atoms with Gasteiger partial charge < -0.3 is 14.8 Å². The lowest BCUT2D eigenvalue weighted by molar-refractivity contribution is 0.304. The van der Waals surface area contributed by atoms with Crippen molar-refractivity contribution in [2.75, 3.05) is 0 Å². The van der Waals surface area contributed by atoms with Crippen LogP contribution in [-0.4, -0.2) is 22.2 Å². The van der Waals surface area contributed by atoms with E-state index in [1.165, 1.54) is 6.07 Å². The van der Waals surface area contributed by atoms with Gasteiger partial charge in [-0.2, -0.15) is 0 Å². The van der Waals surface area contributed by atoms with Crippen LogP contribution in [-0.2, 0) is 6.61 Å². The molecule has 0 fully saturated rings. The minimum atomic E-state index is -1.70. The van der Waals surface area contributed by atoms with Crippen molar-refractivity contribution in [1.29, 1.82) is 0 Å². The van der Waals surface area contributed by atoms with Gasteiger partial charge in [-0.25, -0.2) is 4.39 Å². The summed E-state index contributed by atoms with van der Waals surface area (Å²) in [5, 5.41) is 18.3. The van der Waals surface area contributed by atoms with E-state index in [4.69, 9.17) is 14.8 Å². The Morgan fingerprint density at radius 3 is 2.78 bits per heavy atom. The molecule has 0 bridgehead atoms. The van der Waals surface area contributed by atoms with Crippen molar-refractivity contribution in [2.24, 2.45) is 0 Å². The van der Waals surface area contributed by atoms with Gasteiger partial charge in [-0.1, -0.05) is 12.1 Å². The molecule has 1 aromatic carbocycles. The normalized spacial score (nSPS) is 10.2. The Morgan fingerprint density at radius 2 is 2.11 bits per heavy atom. The van der Waals surface area contributed by atoms with Crippen LogP contribution in [0.3, 0.4) is 0 Å². The molecule has 18 heavy (non-hydrogen) atoms. The van der Waals surface area contributed by atoms with Crippen LogP contribution >= 0.6 is 0 Å². The van der Waals surface area contributed by atoms with Crippen LogP contribution < -0.4 is 10.2 Å². The molecule has 1 heterocycles. The number of hydrogen-bond donors (Lipinski definition) is 2. The summed E-state index contributed by atoms with van der Waals surface area (Å²) in [5.74, 6) is -0.394. The number of aromatic nitrogens is 1. The third-order valence-corrected chi connectivity index (χ3v) is 2.37. The highest BCUT2D eigenvalue weighted by molar-refractivity contribution is 6.59. The van der Waals surface area contributed by atoms with Gasteiger partial charge in [-0.3, -0.25) is 4.98 Å². The number of pyridine rings is 1. The van der Waals surface area contributed by atoms with Crippen LogP contribution in [0.4, 0.5) is 4.39 Å². The first-order valence-corrected chi connectivity index (χ1v) is 5.34. The molecule has 0 aliphatic heterocycles. The molecule has 92 valence electrons. The van der Waals surface area contributed by atoms with Crippen molar-refractivity contribution in [3.63, 3.8) is 0 Å². The third-order valence-electron chi connectivity index (χ3n) is 2.37. The smallest absolute Gasteiger partial charge is 0.489 e. The zero-order valence-electron chi connectivity index (χ0n) is 9.45. The average molecular weight is 247 g/mol. The second kappa shape index (κ2) is 5.62. The number of ether oxygens (including phenoxy) is 1. The fraction of sp³-hybridized carbons (Fsp3) is 0.0833. The number of benzene rings is 1. The summed E-state index contributed by atoms with van der Waals surface area (Å²) in [4.78, 5) is 3.92. The molecular weight excluding hydrogens is 236 g/mol. The van der Waals surface area contributed by atoms with Crippen molar-refractivity contribution in [2.45, 2.75) is 6.61 Å². The van der Waals surface area contributed by atoms with Gasteiger partial charge in [-0.05, 0) is 12.1 Å². The zero-order chi connectivity index (χ0) is 13.0. The number of halogens is 1. The molecule has 0 aliphatic rings. The fourth-order valence-electron chi connectivity index (χ4n) is 1.49. The van der Waals surface area contributed by atoms with E-state index in [0.29, 0.717) is 0 Å². The van der Waals surface area contributed by atoms with Crippen LogP contribution in [0.15, 0.2) is 42.7 Å². The molecule has 0 radical (unpaired) electrons. The maximum absolute atomic E-state index is 13.1. The van der Waals surface area contributed by atoms with Crippen molar-refractivity contribution in [3.05, 3.63) is 54.1 Å². The summed E-state index contributed by atoms with van der Waals surface area (Å²) in [6.07, 6.45) is 3.25. The minimum absolute atomic E-state index is 0.105. The largest absolute Gasteiger partial charge is 0.492 e. The Labute approximate surface area is 104 Å². The Kier molecular flexibility index (Phi) is 3.91. The predicted molar refractivity (Wildman–Crippen MR) is 64.8 cm³/mol. The molecule has 0 saturated carbocycles. The first-order chi connectivity index (χ1) is 8.66. The highest BCUT2D eigenvalue weighted by Crippen LogP contribution is 2.12. The van der Waals surface area contributed by atoms with Gasteiger partial charge >= 0.3 is 7.12 Å². The van der Waals surface area contributed by atoms with E-state index in [1.54, 1.807) is 24.5 Å². The van der Waals surface area contributed by atoms with Gasteiger partial charge in [0.1, 0.15) is 18.2 Å². The molecule has 1 aromatic heterocycles. The van der Waals surface area contributed by atoms with Crippen molar-refractivity contribution in [3.8, 4) is 5.75 Å². The second-order valence-electron chi connectivity index (χ2n) is 3.71. The van der Waals surface area contributed by atoms with Crippen LogP contribution in [0, 0.1) is 5.82 Å². The van der Waals surface area contributed by atoms with Crippen molar-refractivity contribution < 1.29 is 19.2 Å². The summed E-state index contributed by atoms with van der Waals surface area (Å²) in [6, 6.07) is 7.10. The lowest BCUT2D eigenvalue weighted by atomic mass is 9.79. The van der Waals surface area contributed by atoms with Crippen LogP contribution in [0.1, 0.15) is 5.56 Å². The molecule has 0 atom stereocenters. The fourth-order valence-corrected chi connectivity index (χ4v) is 1.49. The summed E-state index contributed by atoms with van der Waals surface area (Å²) in [7, 11) is -1.70. The second-order valence-corrected chi connectivity index (χ2v) is 3.71. The Balaban J connectivity index is 2.15. The molecule has 2 N–H and O–H groups in total. The maximum Gasteiger partial charge on any atom is 0.492 e. The standard InChI is InChI=1S/C12H11BFNO3/c14-10-3-4-11(13(16)17)12(6-10)18-8-9-2-1-5-15-7-9/h1-7,16-17H,8H2. The van der Waals surface area contributed by atoms with Gasteiger partial charge in [0.25, 0.3) is 0 Å². The molecule has 2 rings (SSSR count). The van der Waals surface area contributed by atoms with E-state index in [1.807, 2.05) is 0 Å². The summed E-state index contributed by atoms with van der Waals surface area (Å²) < 4.78 is 18.4. The van der Waals surface area contributed by atoms with E-state index >= 15 is 0 Å². The Bertz CT molecular complexity index is 522. The van der Waals surface area contributed by atoms with E-state index in [9.17, 15) is 4.39 Å². The lowest BCUT2D eigenvalue weighted by Crippen LogP contribution is -2.31. The van der Waals surface area contributed by atoms with E-state index < -0.39 is 12.9 Å². The molecule has 4 nitrogen and oxygen atoms in total.